The van der Waals surface area contributed by atoms with Gasteiger partial charge in [-0.25, -0.2) is 0 Å². The smallest absolute Gasteiger partial charge is 0.303 e. The highest BCUT2D eigenvalue weighted by Gasteiger charge is 2.50. The Labute approximate surface area is 225 Å². The van der Waals surface area contributed by atoms with Gasteiger partial charge in [0.1, 0.15) is 0 Å². The lowest BCUT2D eigenvalue weighted by Gasteiger charge is -2.50. The molecule has 0 radical (unpaired) electrons. The number of carboxylic acid groups (broad SMARTS) is 1. The lowest BCUT2D eigenvalue weighted by atomic mass is 9.56. The minimum atomic E-state index is -0.931. The number of carboxylic acids is 1. The van der Waals surface area contributed by atoms with Crippen molar-refractivity contribution in [2.24, 2.45) is 47.3 Å². The number of nitrogens with one attached hydrogen (secondary N) is 1. The van der Waals surface area contributed by atoms with E-state index in [1.807, 2.05) is 0 Å². The average Bonchev–Trinajstić information content (AvgIpc) is 3.31. The first-order valence-corrected chi connectivity index (χ1v) is 15.6. The molecule has 0 heterocycles. The maximum atomic E-state index is 11.6. The van der Waals surface area contributed by atoms with Gasteiger partial charge < -0.3 is 15.2 Å². The third-order valence-corrected chi connectivity index (χ3v) is 10.5. The first kappa shape index (κ1) is 28.6. The summed E-state index contributed by atoms with van der Waals surface area (Å²) in [6.07, 6.45) is 18.7. The zero-order valence-electron chi connectivity index (χ0n) is 23.8. The normalized spacial score (nSPS) is 33.7. The Bertz CT molecular complexity index is 792. The van der Waals surface area contributed by atoms with Crippen molar-refractivity contribution < 1.29 is 19.4 Å². The topological polar surface area (TPSA) is 75.6 Å². The van der Waals surface area contributed by atoms with E-state index in [1.165, 1.54) is 64.2 Å². The van der Waals surface area contributed by atoms with E-state index >= 15 is 0 Å². The fourth-order valence-corrected chi connectivity index (χ4v) is 8.70. The molecule has 5 nitrogen and oxygen atoms in total. The third-order valence-electron chi connectivity index (χ3n) is 10.5. The van der Waals surface area contributed by atoms with Gasteiger partial charge in [-0.2, -0.15) is 0 Å². The molecule has 5 heteroatoms. The molecular formula is C32H53NO4. The number of hydrogen-bond donors (Lipinski definition) is 2. The summed E-state index contributed by atoms with van der Waals surface area (Å²) in [5, 5.41) is 11.5. The van der Waals surface area contributed by atoms with Crippen LogP contribution in [-0.2, 0) is 14.3 Å². The van der Waals surface area contributed by atoms with Crippen molar-refractivity contribution in [3.05, 3.63) is 11.6 Å². The van der Waals surface area contributed by atoms with E-state index in [0.29, 0.717) is 19.3 Å². The second-order valence-corrected chi connectivity index (χ2v) is 13.3. The molecule has 4 aliphatic rings. The minimum Gasteiger partial charge on any atom is -0.481 e. The molecule has 0 aliphatic heterocycles. The molecule has 0 aromatic rings. The predicted octanol–water partition coefficient (Wildman–Crippen LogP) is 7.00. The van der Waals surface area contributed by atoms with Crippen LogP contribution in [0.25, 0.3) is 0 Å². The molecule has 210 valence electrons. The number of aliphatic carboxylic acids is 1. The molecule has 4 aliphatic carbocycles. The number of rotatable bonds is 13. The van der Waals surface area contributed by atoms with E-state index < -0.39 is 5.97 Å². The maximum Gasteiger partial charge on any atom is 0.303 e. The molecule has 37 heavy (non-hydrogen) atoms. The molecule has 7 unspecified atom stereocenters. The Hall–Kier alpha value is -1.36. The Morgan fingerprint density at radius 2 is 1.73 bits per heavy atom. The van der Waals surface area contributed by atoms with Gasteiger partial charge in [0.2, 0.25) is 5.91 Å². The highest BCUT2D eigenvalue weighted by atomic mass is 16.5. The fourth-order valence-electron chi connectivity index (χ4n) is 8.70. The summed E-state index contributed by atoms with van der Waals surface area (Å²) < 4.78 is 6.22. The summed E-state index contributed by atoms with van der Waals surface area (Å²) in [6, 6.07) is 0. The first-order valence-electron chi connectivity index (χ1n) is 15.6. The van der Waals surface area contributed by atoms with Crippen molar-refractivity contribution in [1.82, 2.24) is 5.32 Å². The summed E-state index contributed by atoms with van der Waals surface area (Å²) in [5.74, 6) is 6.24. The number of allylic oxidation sites excluding steroid dienone is 1. The van der Waals surface area contributed by atoms with E-state index in [-0.39, 0.29) is 18.7 Å². The van der Waals surface area contributed by atoms with Gasteiger partial charge in [-0.3, -0.25) is 9.59 Å². The molecule has 2 N–H and O–H groups in total. The van der Waals surface area contributed by atoms with Gasteiger partial charge >= 0.3 is 5.97 Å². The van der Waals surface area contributed by atoms with Crippen molar-refractivity contribution in [2.45, 2.75) is 117 Å². The van der Waals surface area contributed by atoms with Crippen LogP contribution in [0.4, 0.5) is 0 Å². The van der Waals surface area contributed by atoms with Gasteiger partial charge in [0.05, 0.1) is 12.5 Å². The van der Waals surface area contributed by atoms with E-state index in [4.69, 9.17) is 9.84 Å². The van der Waals surface area contributed by atoms with Gasteiger partial charge in [-0.15, -0.1) is 0 Å². The van der Waals surface area contributed by atoms with Crippen molar-refractivity contribution in [3.63, 3.8) is 0 Å². The van der Waals surface area contributed by atoms with Crippen LogP contribution in [0, 0.1) is 47.3 Å². The number of amides is 1. The van der Waals surface area contributed by atoms with E-state index in [1.54, 1.807) is 5.57 Å². The van der Waals surface area contributed by atoms with Gasteiger partial charge in [0.25, 0.3) is 0 Å². The first-order chi connectivity index (χ1) is 17.8. The van der Waals surface area contributed by atoms with Gasteiger partial charge in [-0.1, -0.05) is 51.7 Å². The van der Waals surface area contributed by atoms with Gasteiger partial charge in [-0.05, 0) is 105 Å². The Balaban J connectivity index is 1.20. The maximum absolute atomic E-state index is 11.6. The largest absolute Gasteiger partial charge is 0.481 e. The summed E-state index contributed by atoms with van der Waals surface area (Å²) in [5.41, 5.74) is 1.69. The van der Waals surface area contributed by atoms with Crippen LogP contribution in [-0.4, -0.2) is 36.2 Å². The molecule has 1 amide bonds. The van der Waals surface area contributed by atoms with E-state index in [0.717, 1.165) is 60.2 Å². The Morgan fingerprint density at radius 3 is 2.51 bits per heavy atom. The highest BCUT2D eigenvalue weighted by molar-refractivity contribution is 5.80. The van der Waals surface area contributed by atoms with E-state index in [2.05, 4.69) is 32.2 Å². The third kappa shape index (κ3) is 7.61. The SMILES string of the molecule is CC(C)CCCC(C)C1CCC2C1CCC1C3CC[C@H](OCCCNC(=O)CCC(=O)O)CC3=CCC12. The molecule has 8 atom stereocenters. The standard InChI is InChI=1S/C32H53NO4/c1-21(2)6-4-7-22(3)25-12-13-30-27(25)14-15-28-26-11-9-24(20-23(26)8-10-29(28)30)37-19-5-18-33-31(34)16-17-32(35)36/h8,21-22,24-30H,4-7,9-20H2,1-3H3,(H,33,34)(H,35,36)/t22?,24-,25?,26?,27?,28?,29?,30?/m0/s1. The molecule has 0 bridgehead atoms. The van der Waals surface area contributed by atoms with Crippen molar-refractivity contribution in [2.75, 3.05) is 13.2 Å². The zero-order chi connectivity index (χ0) is 26.4. The molecule has 0 saturated heterocycles. The van der Waals surface area contributed by atoms with Crippen molar-refractivity contribution in [1.29, 1.82) is 0 Å². The van der Waals surface area contributed by atoms with Crippen LogP contribution in [0.5, 0.6) is 0 Å². The van der Waals surface area contributed by atoms with Crippen LogP contribution >= 0.6 is 0 Å². The number of carbonyl (C=O) groups excluding carboxylic acids is 1. The fraction of sp³-hybridized carbons (Fsp3) is 0.875. The van der Waals surface area contributed by atoms with Gasteiger partial charge in [0, 0.05) is 19.6 Å². The van der Waals surface area contributed by atoms with E-state index in [9.17, 15) is 9.59 Å². The van der Waals surface area contributed by atoms with Crippen LogP contribution in [0.1, 0.15) is 111 Å². The number of hydrogen-bond acceptors (Lipinski definition) is 3. The van der Waals surface area contributed by atoms with Crippen molar-refractivity contribution in [3.8, 4) is 0 Å². The molecule has 4 rings (SSSR count). The molecular weight excluding hydrogens is 462 g/mol. The summed E-state index contributed by atoms with van der Waals surface area (Å²) in [4.78, 5) is 22.2. The van der Waals surface area contributed by atoms with Crippen LogP contribution in [0.15, 0.2) is 11.6 Å². The molecule has 3 fully saturated rings. The number of ether oxygens (including phenoxy) is 1. The van der Waals surface area contributed by atoms with Crippen LogP contribution < -0.4 is 5.32 Å². The summed E-state index contributed by atoms with van der Waals surface area (Å²) in [6.45, 7) is 8.50. The quantitative estimate of drug-likeness (QED) is 0.204. The van der Waals surface area contributed by atoms with Crippen molar-refractivity contribution >= 4 is 11.9 Å². The lowest BCUT2D eigenvalue weighted by molar-refractivity contribution is -0.138. The number of fused-ring (bicyclic) bond motifs is 5. The predicted molar refractivity (Wildman–Crippen MR) is 148 cm³/mol. The zero-order valence-corrected chi connectivity index (χ0v) is 23.8. The average molecular weight is 516 g/mol. The summed E-state index contributed by atoms with van der Waals surface area (Å²) in [7, 11) is 0. The number of carbonyl (C=O) groups is 2. The van der Waals surface area contributed by atoms with Crippen LogP contribution in [0.2, 0.25) is 0 Å². The molecule has 0 aromatic carbocycles. The molecule has 0 spiro atoms. The minimum absolute atomic E-state index is 0.0517. The summed E-state index contributed by atoms with van der Waals surface area (Å²) >= 11 is 0. The second kappa shape index (κ2) is 13.6. The highest BCUT2D eigenvalue weighted by Crippen LogP contribution is 2.59. The molecule has 3 saturated carbocycles. The lowest BCUT2D eigenvalue weighted by Crippen LogP contribution is -2.42. The van der Waals surface area contributed by atoms with Crippen LogP contribution in [0.3, 0.4) is 0 Å². The Morgan fingerprint density at radius 1 is 0.946 bits per heavy atom. The van der Waals surface area contributed by atoms with Gasteiger partial charge in [0.15, 0.2) is 0 Å². The second-order valence-electron chi connectivity index (χ2n) is 13.3. The Kier molecular flexibility index (Phi) is 10.5. The monoisotopic (exact) mass is 515 g/mol. The molecule has 0 aromatic heterocycles.